The van der Waals surface area contributed by atoms with Crippen molar-refractivity contribution in [3.8, 4) is 5.75 Å². The first-order chi connectivity index (χ1) is 13.6. The Balaban J connectivity index is 1.55. The largest absolute Gasteiger partial charge is 0.497 e. The zero-order chi connectivity index (χ0) is 19.9. The van der Waals surface area contributed by atoms with Gasteiger partial charge in [0.15, 0.2) is 11.5 Å². The minimum atomic E-state index is -0.497. The van der Waals surface area contributed by atoms with Crippen LogP contribution in [0.3, 0.4) is 0 Å². The van der Waals surface area contributed by atoms with Gasteiger partial charge in [-0.05, 0) is 36.2 Å². The Morgan fingerprint density at radius 1 is 1.14 bits per heavy atom. The fourth-order valence-electron chi connectivity index (χ4n) is 2.65. The zero-order valence-corrected chi connectivity index (χ0v) is 15.4. The van der Waals surface area contributed by atoms with E-state index in [1.165, 1.54) is 6.26 Å². The molecule has 1 heterocycles. The lowest BCUT2D eigenvalue weighted by atomic mass is 10.1. The molecule has 144 valence electrons. The number of oxazole rings is 1. The molecule has 3 rings (SSSR count). The fraction of sp³-hybridized carbons (Fsp3) is 0.190. The molecule has 0 aliphatic heterocycles. The van der Waals surface area contributed by atoms with E-state index in [0.717, 1.165) is 5.56 Å². The number of carbonyl (C=O) groups is 2. The molecule has 1 amide bonds. The molecule has 2 aromatic carbocycles. The number of methoxy groups -OCH3 is 1. The van der Waals surface area contributed by atoms with Crippen LogP contribution in [0.1, 0.15) is 38.3 Å². The first-order valence-electron chi connectivity index (χ1n) is 8.77. The first-order valence-corrected chi connectivity index (χ1v) is 8.77. The molecule has 0 aliphatic carbocycles. The second-order valence-corrected chi connectivity index (χ2v) is 6.20. The van der Waals surface area contributed by atoms with Gasteiger partial charge in [-0.2, -0.15) is 0 Å². The summed E-state index contributed by atoms with van der Waals surface area (Å²) in [6.07, 6.45) is 1.78. The maximum Gasteiger partial charge on any atom is 0.273 e. The third kappa shape index (κ3) is 4.83. The predicted molar refractivity (Wildman–Crippen MR) is 103 cm³/mol. The van der Waals surface area contributed by atoms with Crippen LogP contribution in [0, 0.1) is 0 Å². The summed E-state index contributed by atoms with van der Waals surface area (Å²) < 4.78 is 10.4. The van der Waals surface area contributed by atoms with Gasteiger partial charge in [-0.1, -0.05) is 30.3 Å². The van der Waals surface area contributed by atoms with E-state index in [0.29, 0.717) is 17.7 Å². The molecule has 0 bridgehead atoms. The molecule has 0 fully saturated rings. The van der Waals surface area contributed by atoms with Crippen LogP contribution in [-0.2, 0) is 6.42 Å². The number of amides is 1. The average molecular weight is 379 g/mol. The molecule has 0 aliphatic rings. The molecule has 0 saturated carbocycles. The van der Waals surface area contributed by atoms with Gasteiger partial charge in [0.25, 0.3) is 5.91 Å². The van der Waals surface area contributed by atoms with Crippen LogP contribution >= 0.6 is 0 Å². The summed E-state index contributed by atoms with van der Waals surface area (Å²) in [5.41, 5.74) is 7.72. The van der Waals surface area contributed by atoms with E-state index in [-0.39, 0.29) is 23.9 Å². The van der Waals surface area contributed by atoms with Crippen molar-refractivity contribution in [1.82, 2.24) is 10.3 Å². The molecule has 0 saturated heterocycles. The number of nitrogens with two attached hydrogens (primary N) is 1. The second kappa shape index (κ2) is 8.96. The van der Waals surface area contributed by atoms with E-state index < -0.39 is 11.9 Å². The minimum Gasteiger partial charge on any atom is -0.497 e. The van der Waals surface area contributed by atoms with Gasteiger partial charge >= 0.3 is 0 Å². The van der Waals surface area contributed by atoms with E-state index in [9.17, 15) is 9.59 Å². The molecule has 3 N–H and O–H groups in total. The van der Waals surface area contributed by atoms with Crippen LogP contribution in [-0.4, -0.2) is 30.3 Å². The monoisotopic (exact) mass is 379 g/mol. The lowest BCUT2D eigenvalue weighted by Gasteiger charge is -2.07. The molecule has 0 radical (unpaired) electrons. The number of benzene rings is 2. The van der Waals surface area contributed by atoms with Gasteiger partial charge in [-0.25, -0.2) is 4.98 Å². The summed E-state index contributed by atoms with van der Waals surface area (Å²) in [6.45, 7) is -0.149. The Kier molecular flexibility index (Phi) is 6.18. The molecule has 7 heteroatoms. The van der Waals surface area contributed by atoms with Crippen LogP contribution in [0.5, 0.6) is 5.75 Å². The standard InChI is InChI=1S/C21H21N3O4/c1-27-16-9-7-15(8-10-16)19(25)12-23-20(26)18-13-28-21(24-18)17(22)11-14-5-3-2-4-6-14/h2-10,13,17H,11-12,22H2,1H3,(H,23,26). The predicted octanol–water partition coefficient (Wildman–Crippen LogP) is 2.54. The number of ether oxygens (including phenoxy) is 1. The highest BCUT2D eigenvalue weighted by Crippen LogP contribution is 2.16. The Labute approximate surface area is 162 Å². The van der Waals surface area contributed by atoms with Crippen molar-refractivity contribution in [2.24, 2.45) is 5.73 Å². The van der Waals surface area contributed by atoms with E-state index >= 15 is 0 Å². The molecule has 7 nitrogen and oxygen atoms in total. The van der Waals surface area contributed by atoms with Crippen molar-refractivity contribution in [2.75, 3.05) is 13.7 Å². The molecule has 1 unspecified atom stereocenters. The van der Waals surface area contributed by atoms with E-state index in [4.69, 9.17) is 14.9 Å². The van der Waals surface area contributed by atoms with Crippen molar-refractivity contribution < 1.29 is 18.7 Å². The Morgan fingerprint density at radius 3 is 2.54 bits per heavy atom. The van der Waals surface area contributed by atoms with E-state index in [1.807, 2.05) is 30.3 Å². The first kappa shape index (κ1) is 19.3. The van der Waals surface area contributed by atoms with Gasteiger partial charge < -0.3 is 20.2 Å². The fourth-order valence-corrected chi connectivity index (χ4v) is 2.65. The molecule has 1 aromatic heterocycles. The van der Waals surface area contributed by atoms with Gasteiger partial charge in [0.05, 0.1) is 19.7 Å². The third-order valence-corrected chi connectivity index (χ3v) is 4.19. The Morgan fingerprint density at radius 2 is 1.86 bits per heavy atom. The van der Waals surface area contributed by atoms with Crippen LogP contribution in [0.2, 0.25) is 0 Å². The smallest absolute Gasteiger partial charge is 0.273 e. The highest BCUT2D eigenvalue weighted by atomic mass is 16.5. The summed E-state index contributed by atoms with van der Waals surface area (Å²) in [7, 11) is 1.55. The lowest BCUT2D eigenvalue weighted by molar-refractivity contribution is 0.0900. The summed E-state index contributed by atoms with van der Waals surface area (Å²) in [5, 5.41) is 2.54. The van der Waals surface area contributed by atoms with Crippen molar-refractivity contribution in [3.63, 3.8) is 0 Å². The van der Waals surface area contributed by atoms with Gasteiger partial charge in [-0.3, -0.25) is 9.59 Å². The number of nitrogens with zero attached hydrogens (tertiary/aromatic N) is 1. The van der Waals surface area contributed by atoms with Crippen molar-refractivity contribution in [2.45, 2.75) is 12.5 Å². The summed E-state index contributed by atoms with van der Waals surface area (Å²) >= 11 is 0. The van der Waals surface area contributed by atoms with E-state index in [2.05, 4.69) is 10.3 Å². The number of nitrogens with one attached hydrogen (secondary N) is 1. The average Bonchev–Trinajstić information content (AvgIpc) is 3.23. The van der Waals surface area contributed by atoms with Crippen molar-refractivity contribution in [3.05, 3.63) is 83.6 Å². The highest BCUT2D eigenvalue weighted by molar-refractivity contribution is 6.01. The van der Waals surface area contributed by atoms with Crippen molar-refractivity contribution >= 4 is 11.7 Å². The number of hydrogen-bond donors (Lipinski definition) is 2. The number of Topliss-reactive ketones (excluding diaryl/α,β-unsaturated/α-hetero) is 1. The van der Waals surface area contributed by atoms with Gasteiger partial charge in [0, 0.05) is 5.56 Å². The number of aromatic nitrogens is 1. The normalized spacial score (nSPS) is 11.6. The quantitative estimate of drug-likeness (QED) is 0.583. The lowest BCUT2D eigenvalue weighted by Crippen LogP contribution is -2.29. The number of rotatable bonds is 8. The van der Waals surface area contributed by atoms with Crippen LogP contribution in [0.15, 0.2) is 65.3 Å². The zero-order valence-electron chi connectivity index (χ0n) is 15.4. The molecular formula is C21H21N3O4. The Bertz CT molecular complexity index is 936. The summed E-state index contributed by atoms with van der Waals surface area (Å²) in [4.78, 5) is 28.6. The summed E-state index contributed by atoms with van der Waals surface area (Å²) in [5.74, 6) is 0.210. The van der Waals surface area contributed by atoms with Crippen LogP contribution < -0.4 is 15.8 Å². The molecule has 3 aromatic rings. The van der Waals surface area contributed by atoms with Gasteiger partial charge in [0.2, 0.25) is 5.89 Å². The number of carbonyl (C=O) groups excluding carboxylic acids is 2. The SMILES string of the molecule is COc1ccc(C(=O)CNC(=O)c2coc(C(N)Cc3ccccc3)n2)cc1. The van der Waals surface area contributed by atoms with E-state index in [1.54, 1.807) is 31.4 Å². The summed E-state index contributed by atoms with van der Waals surface area (Å²) in [6, 6.07) is 15.9. The van der Waals surface area contributed by atoms with Crippen molar-refractivity contribution in [1.29, 1.82) is 0 Å². The minimum absolute atomic E-state index is 0.0843. The molecular weight excluding hydrogens is 358 g/mol. The maximum absolute atomic E-state index is 12.2. The highest BCUT2D eigenvalue weighted by Gasteiger charge is 2.18. The third-order valence-electron chi connectivity index (χ3n) is 4.19. The van der Waals surface area contributed by atoms with Gasteiger partial charge in [-0.15, -0.1) is 0 Å². The Hall–Kier alpha value is -3.45. The number of ketones is 1. The molecule has 1 atom stereocenters. The number of hydrogen-bond acceptors (Lipinski definition) is 6. The molecule has 0 spiro atoms. The van der Waals surface area contributed by atoms with Crippen LogP contribution in [0.4, 0.5) is 0 Å². The molecule has 28 heavy (non-hydrogen) atoms. The second-order valence-electron chi connectivity index (χ2n) is 6.20. The van der Waals surface area contributed by atoms with Crippen LogP contribution in [0.25, 0.3) is 0 Å². The maximum atomic E-state index is 12.2. The van der Waals surface area contributed by atoms with Gasteiger partial charge in [0.1, 0.15) is 12.0 Å². The topological polar surface area (TPSA) is 107 Å².